The normalized spacial score (nSPS) is 9.68. The summed E-state index contributed by atoms with van der Waals surface area (Å²) >= 11 is 5.80. The Morgan fingerprint density at radius 1 is 0.842 bits per heavy atom. The second-order valence-electron chi connectivity index (χ2n) is 3.51. The summed E-state index contributed by atoms with van der Waals surface area (Å²) in [6, 6.07) is 2.54. The highest BCUT2D eigenvalue weighted by Crippen LogP contribution is 2.40. The molecule has 6 nitrogen and oxygen atoms in total. The van der Waals surface area contributed by atoms with Crippen LogP contribution in [0.2, 0.25) is 5.02 Å². The maximum Gasteiger partial charge on any atom is 0.308 e. The zero-order valence-electron chi connectivity index (χ0n) is 10.5. The van der Waals surface area contributed by atoms with Gasteiger partial charge in [-0.05, 0) is 0 Å². The molecule has 0 aliphatic rings. The summed E-state index contributed by atoms with van der Waals surface area (Å²) in [5.74, 6) is -2.32. The molecule has 0 aliphatic carbocycles. The Labute approximate surface area is 114 Å². The quantitative estimate of drug-likeness (QED) is 0.625. The predicted octanol–water partition coefficient (Wildman–Crippen LogP) is 2.12. The summed E-state index contributed by atoms with van der Waals surface area (Å²) in [5, 5.41) is 0.156. The van der Waals surface area contributed by atoms with Gasteiger partial charge in [-0.3, -0.25) is 14.4 Å². The molecule has 7 heteroatoms. The maximum absolute atomic E-state index is 11.0. The summed E-state index contributed by atoms with van der Waals surface area (Å²) in [5.41, 5.74) is 0. The third-order valence-corrected chi connectivity index (χ3v) is 1.96. The Bertz CT molecular complexity index is 500. The first kappa shape index (κ1) is 15.0. The van der Waals surface area contributed by atoms with Crippen LogP contribution in [0, 0.1) is 0 Å². The fraction of sp³-hybridized carbons (Fsp3) is 0.250. The van der Waals surface area contributed by atoms with Crippen LogP contribution in [0.15, 0.2) is 12.1 Å². The Kier molecular flexibility index (Phi) is 4.88. The van der Waals surface area contributed by atoms with Crippen molar-refractivity contribution in [2.75, 3.05) is 0 Å². The monoisotopic (exact) mass is 286 g/mol. The van der Waals surface area contributed by atoms with Crippen molar-refractivity contribution in [3.05, 3.63) is 17.2 Å². The van der Waals surface area contributed by atoms with E-state index in [1.54, 1.807) is 0 Å². The fourth-order valence-corrected chi connectivity index (χ4v) is 1.45. The second kappa shape index (κ2) is 6.19. The van der Waals surface area contributed by atoms with Gasteiger partial charge in [0, 0.05) is 37.9 Å². The number of hydrogen-bond donors (Lipinski definition) is 0. The molecular weight excluding hydrogens is 276 g/mol. The third-order valence-electron chi connectivity index (χ3n) is 1.74. The third kappa shape index (κ3) is 4.59. The summed E-state index contributed by atoms with van der Waals surface area (Å²) < 4.78 is 14.6. The SMILES string of the molecule is CC(=O)Oc1cc(Cl)cc(OC(C)=O)c1OC(C)=O. The molecular formula is C12H11ClO6. The van der Waals surface area contributed by atoms with Gasteiger partial charge in [0.05, 0.1) is 0 Å². The minimum atomic E-state index is -0.663. The summed E-state index contributed by atoms with van der Waals surface area (Å²) in [6.45, 7) is 3.50. The van der Waals surface area contributed by atoms with Gasteiger partial charge in [-0.15, -0.1) is 0 Å². The molecule has 0 atom stereocenters. The molecule has 1 aromatic carbocycles. The van der Waals surface area contributed by atoms with Crippen LogP contribution in [-0.4, -0.2) is 17.9 Å². The van der Waals surface area contributed by atoms with Crippen LogP contribution < -0.4 is 14.2 Å². The minimum Gasteiger partial charge on any atom is -0.423 e. The van der Waals surface area contributed by atoms with E-state index in [1.807, 2.05) is 0 Å². The molecule has 0 unspecified atom stereocenters. The molecule has 0 aromatic heterocycles. The average molecular weight is 287 g/mol. The molecule has 0 fully saturated rings. The van der Waals surface area contributed by atoms with Gasteiger partial charge in [0.15, 0.2) is 11.5 Å². The number of ether oxygens (including phenoxy) is 3. The van der Waals surface area contributed by atoms with Crippen molar-refractivity contribution in [3.63, 3.8) is 0 Å². The molecule has 102 valence electrons. The van der Waals surface area contributed by atoms with Gasteiger partial charge >= 0.3 is 17.9 Å². The summed E-state index contributed by atoms with van der Waals surface area (Å²) in [6.07, 6.45) is 0. The maximum atomic E-state index is 11.0. The Balaban J connectivity index is 3.33. The van der Waals surface area contributed by atoms with Gasteiger partial charge in [0.1, 0.15) is 0 Å². The summed E-state index contributed by atoms with van der Waals surface area (Å²) in [7, 11) is 0. The zero-order valence-corrected chi connectivity index (χ0v) is 11.2. The van der Waals surface area contributed by atoms with E-state index in [1.165, 1.54) is 26.0 Å². The van der Waals surface area contributed by atoms with Crippen molar-refractivity contribution < 1.29 is 28.6 Å². The van der Waals surface area contributed by atoms with E-state index in [0.717, 1.165) is 6.92 Å². The minimum absolute atomic E-state index is 0.105. The first-order chi connectivity index (χ1) is 8.79. The molecule has 0 bridgehead atoms. The van der Waals surface area contributed by atoms with E-state index in [0.29, 0.717) is 0 Å². The van der Waals surface area contributed by atoms with Crippen molar-refractivity contribution in [1.82, 2.24) is 0 Å². The molecule has 0 radical (unpaired) electrons. The van der Waals surface area contributed by atoms with Gasteiger partial charge in [0.25, 0.3) is 0 Å². The number of carbonyl (C=O) groups is 3. The molecule has 0 aliphatic heterocycles. The average Bonchev–Trinajstić information content (AvgIpc) is 2.20. The Morgan fingerprint density at radius 3 is 1.53 bits per heavy atom. The number of rotatable bonds is 3. The van der Waals surface area contributed by atoms with Crippen molar-refractivity contribution in [2.24, 2.45) is 0 Å². The standard InChI is InChI=1S/C12H11ClO6/c1-6(14)17-10-4-9(13)5-11(18-7(2)15)12(10)19-8(3)16/h4-5H,1-3H3. The van der Waals surface area contributed by atoms with Crippen LogP contribution in [-0.2, 0) is 14.4 Å². The van der Waals surface area contributed by atoms with Crippen LogP contribution >= 0.6 is 11.6 Å². The van der Waals surface area contributed by atoms with Gasteiger partial charge in [-0.2, -0.15) is 0 Å². The van der Waals surface area contributed by atoms with Gasteiger partial charge < -0.3 is 14.2 Å². The highest BCUT2D eigenvalue weighted by atomic mass is 35.5. The first-order valence-corrected chi connectivity index (χ1v) is 5.56. The van der Waals surface area contributed by atoms with Crippen molar-refractivity contribution >= 4 is 29.5 Å². The highest BCUT2D eigenvalue weighted by Gasteiger charge is 2.19. The summed E-state index contributed by atoms with van der Waals surface area (Å²) in [4.78, 5) is 33.0. The van der Waals surface area contributed by atoms with Crippen LogP contribution in [0.25, 0.3) is 0 Å². The van der Waals surface area contributed by atoms with E-state index in [2.05, 4.69) is 0 Å². The van der Waals surface area contributed by atoms with Crippen molar-refractivity contribution in [3.8, 4) is 17.2 Å². The van der Waals surface area contributed by atoms with Crippen LogP contribution in [0.1, 0.15) is 20.8 Å². The number of carbonyl (C=O) groups excluding carboxylic acids is 3. The van der Waals surface area contributed by atoms with E-state index >= 15 is 0 Å². The zero-order chi connectivity index (χ0) is 14.6. The lowest BCUT2D eigenvalue weighted by atomic mass is 10.3. The van der Waals surface area contributed by atoms with E-state index in [4.69, 9.17) is 25.8 Å². The fourth-order valence-electron chi connectivity index (χ4n) is 1.25. The van der Waals surface area contributed by atoms with Crippen LogP contribution in [0.5, 0.6) is 17.2 Å². The number of benzene rings is 1. The highest BCUT2D eigenvalue weighted by molar-refractivity contribution is 6.31. The van der Waals surface area contributed by atoms with E-state index in [-0.39, 0.29) is 22.3 Å². The molecule has 0 saturated heterocycles. The number of hydrogen-bond acceptors (Lipinski definition) is 6. The lowest BCUT2D eigenvalue weighted by Gasteiger charge is -2.13. The molecule has 0 spiro atoms. The van der Waals surface area contributed by atoms with Gasteiger partial charge in [0.2, 0.25) is 5.75 Å². The number of esters is 3. The lowest BCUT2D eigenvalue weighted by molar-refractivity contribution is -0.135. The largest absolute Gasteiger partial charge is 0.423 e. The molecule has 0 amide bonds. The lowest BCUT2D eigenvalue weighted by Crippen LogP contribution is -2.10. The predicted molar refractivity (Wildman–Crippen MR) is 65.4 cm³/mol. The van der Waals surface area contributed by atoms with E-state index in [9.17, 15) is 14.4 Å². The van der Waals surface area contributed by atoms with E-state index < -0.39 is 17.9 Å². The molecule has 19 heavy (non-hydrogen) atoms. The Morgan fingerprint density at radius 2 is 1.21 bits per heavy atom. The topological polar surface area (TPSA) is 78.9 Å². The molecule has 0 heterocycles. The smallest absolute Gasteiger partial charge is 0.308 e. The molecule has 1 aromatic rings. The van der Waals surface area contributed by atoms with Crippen LogP contribution in [0.3, 0.4) is 0 Å². The van der Waals surface area contributed by atoms with Gasteiger partial charge in [-0.1, -0.05) is 11.6 Å². The van der Waals surface area contributed by atoms with Gasteiger partial charge in [-0.25, -0.2) is 0 Å². The van der Waals surface area contributed by atoms with Crippen molar-refractivity contribution in [1.29, 1.82) is 0 Å². The number of halogens is 1. The second-order valence-corrected chi connectivity index (χ2v) is 3.95. The van der Waals surface area contributed by atoms with Crippen LogP contribution in [0.4, 0.5) is 0 Å². The molecule has 0 saturated carbocycles. The Hall–Kier alpha value is -2.08. The molecule has 0 N–H and O–H groups in total. The first-order valence-electron chi connectivity index (χ1n) is 5.18. The molecule has 1 rings (SSSR count). The van der Waals surface area contributed by atoms with Crippen molar-refractivity contribution in [2.45, 2.75) is 20.8 Å².